The Kier molecular flexibility index (Phi) is 2.01. The first-order valence-corrected chi connectivity index (χ1v) is 6.42. The number of nitrogens with zero attached hydrogens (tertiary/aromatic N) is 2. The summed E-state index contributed by atoms with van der Waals surface area (Å²) < 4.78 is 5.38. The molecule has 4 nitrogen and oxygen atoms in total. The number of hydrogen-bond acceptors (Lipinski definition) is 4. The van der Waals surface area contributed by atoms with Crippen LogP contribution < -0.4 is 0 Å². The van der Waals surface area contributed by atoms with Crippen LogP contribution in [-0.2, 0) is 0 Å². The Hall–Kier alpha value is -1.84. The summed E-state index contributed by atoms with van der Waals surface area (Å²) in [6, 6.07) is 6.87. The smallest absolute Gasteiger partial charge is 0.230 e. The highest BCUT2D eigenvalue weighted by Gasteiger charge is 2.47. The predicted molar refractivity (Wildman–Crippen MR) is 65.0 cm³/mol. The van der Waals surface area contributed by atoms with Gasteiger partial charge in [-0.25, -0.2) is 0 Å². The number of benzene rings is 1. The van der Waals surface area contributed by atoms with Gasteiger partial charge >= 0.3 is 0 Å². The molecule has 0 spiro atoms. The van der Waals surface area contributed by atoms with Crippen LogP contribution in [0.5, 0.6) is 5.75 Å². The molecular formula is C14H14N2O2. The molecule has 1 N–H and O–H groups in total. The van der Waals surface area contributed by atoms with E-state index in [4.69, 9.17) is 4.52 Å². The minimum Gasteiger partial charge on any atom is -0.508 e. The normalized spacial score (nSPS) is 29.2. The summed E-state index contributed by atoms with van der Waals surface area (Å²) in [4.78, 5) is 4.49. The summed E-state index contributed by atoms with van der Waals surface area (Å²) in [7, 11) is 0. The van der Waals surface area contributed by atoms with E-state index in [9.17, 15) is 5.11 Å². The maximum absolute atomic E-state index is 9.25. The summed E-state index contributed by atoms with van der Waals surface area (Å²) in [6.07, 6.45) is 3.82. The molecule has 4 heteroatoms. The molecule has 2 saturated carbocycles. The number of hydrogen-bond donors (Lipinski definition) is 1. The lowest BCUT2D eigenvalue weighted by atomic mass is 10.0. The lowest BCUT2D eigenvalue weighted by Crippen LogP contribution is -1.95. The van der Waals surface area contributed by atoms with Crippen LogP contribution >= 0.6 is 0 Å². The molecule has 0 amide bonds. The zero-order valence-corrected chi connectivity index (χ0v) is 9.91. The van der Waals surface area contributed by atoms with Gasteiger partial charge in [0, 0.05) is 11.5 Å². The fourth-order valence-corrected chi connectivity index (χ4v) is 3.05. The molecule has 2 aliphatic carbocycles. The van der Waals surface area contributed by atoms with Crippen molar-refractivity contribution in [3.63, 3.8) is 0 Å². The van der Waals surface area contributed by atoms with Gasteiger partial charge in [0.2, 0.25) is 11.7 Å². The lowest BCUT2D eigenvalue weighted by molar-refractivity contribution is 0.346. The van der Waals surface area contributed by atoms with Gasteiger partial charge in [0.05, 0.1) is 0 Å². The highest BCUT2D eigenvalue weighted by Crippen LogP contribution is 2.57. The van der Waals surface area contributed by atoms with Gasteiger partial charge in [0.1, 0.15) is 5.75 Å². The minimum atomic E-state index is 0.248. The standard InChI is InChI=1S/C14H14N2O2/c17-12-3-1-8(2-4-12)13-15-14(18-16-13)11-6-9-5-10(9)7-11/h1-4,9-11,17H,5-7H2. The molecule has 0 aliphatic heterocycles. The van der Waals surface area contributed by atoms with Crippen molar-refractivity contribution in [3.05, 3.63) is 30.2 Å². The van der Waals surface area contributed by atoms with Crippen LogP contribution in [-0.4, -0.2) is 15.2 Å². The van der Waals surface area contributed by atoms with Crippen molar-refractivity contribution in [1.82, 2.24) is 10.1 Å². The number of fused-ring (bicyclic) bond motifs is 1. The maximum Gasteiger partial charge on any atom is 0.230 e. The van der Waals surface area contributed by atoms with Crippen molar-refractivity contribution in [2.24, 2.45) is 11.8 Å². The minimum absolute atomic E-state index is 0.248. The molecule has 2 aliphatic rings. The highest BCUT2D eigenvalue weighted by atomic mass is 16.5. The van der Waals surface area contributed by atoms with Crippen LogP contribution in [0.25, 0.3) is 11.4 Å². The molecule has 1 aromatic carbocycles. The van der Waals surface area contributed by atoms with E-state index in [0.717, 1.165) is 23.3 Å². The third-order valence-electron chi connectivity index (χ3n) is 4.16. The van der Waals surface area contributed by atoms with Crippen molar-refractivity contribution in [2.45, 2.75) is 25.2 Å². The van der Waals surface area contributed by atoms with E-state index in [0.29, 0.717) is 11.7 Å². The third-order valence-corrected chi connectivity index (χ3v) is 4.16. The largest absolute Gasteiger partial charge is 0.508 e. The SMILES string of the molecule is Oc1ccc(-c2noc(C3CC4CC4C3)n2)cc1. The number of rotatable bonds is 2. The summed E-state index contributed by atoms with van der Waals surface area (Å²) in [6.45, 7) is 0. The number of aromatic nitrogens is 2. The Labute approximate surface area is 105 Å². The van der Waals surface area contributed by atoms with Crippen LogP contribution in [0.3, 0.4) is 0 Å². The summed E-state index contributed by atoms with van der Waals surface area (Å²) >= 11 is 0. The van der Waals surface area contributed by atoms with Crippen molar-refractivity contribution < 1.29 is 9.63 Å². The molecule has 2 aromatic rings. The van der Waals surface area contributed by atoms with Gasteiger partial charge in [-0.2, -0.15) is 4.98 Å². The Morgan fingerprint density at radius 3 is 2.50 bits per heavy atom. The number of phenols is 1. The molecule has 1 aromatic heterocycles. The summed E-state index contributed by atoms with van der Waals surface area (Å²) in [5, 5.41) is 13.3. The van der Waals surface area contributed by atoms with Crippen LogP contribution in [0.15, 0.2) is 28.8 Å². The second-order valence-electron chi connectivity index (χ2n) is 5.43. The number of phenolic OH excluding ortho intramolecular Hbond substituents is 1. The van der Waals surface area contributed by atoms with E-state index in [1.807, 2.05) is 0 Å². The van der Waals surface area contributed by atoms with Gasteiger partial charge in [-0.3, -0.25) is 0 Å². The fourth-order valence-electron chi connectivity index (χ4n) is 3.05. The predicted octanol–water partition coefficient (Wildman–Crippen LogP) is 2.96. The van der Waals surface area contributed by atoms with Gasteiger partial charge in [-0.05, 0) is 55.4 Å². The molecule has 1 heterocycles. The molecule has 18 heavy (non-hydrogen) atoms. The maximum atomic E-state index is 9.25. The molecular weight excluding hydrogens is 228 g/mol. The summed E-state index contributed by atoms with van der Waals surface area (Å²) in [5.41, 5.74) is 0.881. The quantitative estimate of drug-likeness (QED) is 0.879. The Morgan fingerprint density at radius 1 is 1.06 bits per heavy atom. The third kappa shape index (κ3) is 1.60. The van der Waals surface area contributed by atoms with Crippen molar-refractivity contribution >= 4 is 0 Å². The first-order valence-electron chi connectivity index (χ1n) is 6.42. The Bertz CT molecular complexity index is 566. The molecule has 2 unspecified atom stereocenters. The van der Waals surface area contributed by atoms with E-state index in [1.54, 1.807) is 24.3 Å². The van der Waals surface area contributed by atoms with Gasteiger partial charge in [0.25, 0.3) is 0 Å². The average Bonchev–Trinajstić information content (AvgIpc) is 2.83. The first-order chi connectivity index (χ1) is 8.79. The zero-order valence-electron chi connectivity index (χ0n) is 9.91. The van der Waals surface area contributed by atoms with Gasteiger partial charge in [0.15, 0.2) is 0 Å². The monoisotopic (exact) mass is 242 g/mol. The molecule has 0 bridgehead atoms. The van der Waals surface area contributed by atoms with Crippen molar-refractivity contribution in [2.75, 3.05) is 0 Å². The fraction of sp³-hybridized carbons (Fsp3) is 0.429. The Balaban J connectivity index is 1.59. The molecule has 0 radical (unpaired) electrons. The van der Waals surface area contributed by atoms with Crippen LogP contribution in [0.2, 0.25) is 0 Å². The molecule has 2 fully saturated rings. The van der Waals surface area contributed by atoms with Gasteiger partial charge in [-0.15, -0.1) is 0 Å². The van der Waals surface area contributed by atoms with Gasteiger partial charge in [-0.1, -0.05) is 5.16 Å². The molecule has 2 atom stereocenters. The summed E-state index contributed by atoms with van der Waals surface area (Å²) in [5.74, 6) is 3.94. The van der Waals surface area contributed by atoms with E-state index in [1.165, 1.54) is 19.3 Å². The average molecular weight is 242 g/mol. The molecule has 92 valence electrons. The van der Waals surface area contributed by atoms with Crippen molar-refractivity contribution in [3.8, 4) is 17.1 Å². The molecule has 0 saturated heterocycles. The van der Waals surface area contributed by atoms with Gasteiger partial charge < -0.3 is 9.63 Å². The topological polar surface area (TPSA) is 59.2 Å². The van der Waals surface area contributed by atoms with Crippen LogP contribution in [0.4, 0.5) is 0 Å². The zero-order chi connectivity index (χ0) is 12.1. The van der Waals surface area contributed by atoms with E-state index in [-0.39, 0.29) is 5.75 Å². The van der Waals surface area contributed by atoms with E-state index >= 15 is 0 Å². The van der Waals surface area contributed by atoms with Crippen molar-refractivity contribution in [1.29, 1.82) is 0 Å². The number of aromatic hydroxyl groups is 1. The Morgan fingerprint density at radius 2 is 1.78 bits per heavy atom. The molecule has 4 rings (SSSR count). The second kappa shape index (κ2) is 3.57. The van der Waals surface area contributed by atoms with Crippen LogP contribution in [0.1, 0.15) is 31.1 Å². The first kappa shape index (κ1) is 10.1. The van der Waals surface area contributed by atoms with E-state index < -0.39 is 0 Å². The second-order valence-corrected chi connectivity index (χ2v) is 5.43. The van der Waals surface area contributed by atoms with E-state index in [2.05, 4.69) is 10.1 Å². The van der Waals surface area contributed by atoms with Crippen LogP contribution in [0, 0.1) is 11.8 Å². The lowest BCUT2D eigenvalue weighted by Gasteiger charge is -2.03. The highest BCUT2D eigenvalue weighted by molar-refractivity contribution is 5.55.